The van der Waals surface area contributed by atoms with Gasteiger partial charge in [-0.25, -0.2) is 9.97 Å². The maximum Gasteiger partial charge on any atom is 0.495 e. The number of hydrogen-bond donors (Lipinski definition) is 0. The Hall–Kier alpha value is -5.89. The minimum absolute atomic E-state index is 0.000879. The van der Waals surface area contributed by atoms with Gasteiger partial charge in [0.15, 0.2) is 11.2 Å². The van der Waals surface area contributed by atoms with Gasteiger partial charge in [0.2, 0.25) is 11.8 Å². The zero-order valence-electron chi connectivity index (χ0n) is 49.3. The molecule has 0 saturated carbocycles. The fourth-order valence-electron chi connectivity index (χ4n) is 10.9. The molecule has 2 atom stereocenters. The number of likely N-dealkylation sites (tertiary alicyclic amines) is 2. The van der Waals surface area contributed by atoms with E-state index in [1.54, 1.807) is 12.1 Å². The highest BCUT2D eigenvalue weighted by Crippen LogP contribution is 2.41. The summed E-state index contributed by atoms with van der Waals surface area (Å²) in [5.74, 6) is 0.0420. The van der Waals surface area contributed by atoms with Crippen LogP contribution in [-0.4, -0.2) is 103 Å². The van der Waals surface area contributed by atoms with Crippen LogP contribution in [0.25, 0.3) is 56.2 Å². The van der Waals surface area contributed by atoms with Crippen LogP contribution in [0, 0.1) is 31.3 Å². The molecule has 3 fully saturated rings. The summed E-state index contributed by atoms with van der Waals surface area (Å²) in [5, 5.41) is 0. The second-order valence-corrected chi connectivity index (χ2v) is 25.2. The van der Waals surface area contributed by atoms with Crippen molar-refractivity contribution >= 4 is 101 Å². The summed E-state index contributed by atoms with van der Waals surface area (Å²) in [6, 6.07) is 29.3. The number of esters is 2. The molecule has 0 unspecified atom stereocenters. The van der Waals surface area contributed by atoms with Crippen molar-refractivity contribution in [3.05, 3.63) is 143 Å². The molecule has 22 heteroatoms. The number of rotatable bonds is 14. The van der Waals surface area contributed by atoms with E-state index in [1.807, 2.05) is 99.9 Å². The molecule has 2 aromatic heterocycles. The number of aromatic nitrogens is 2. The van der Waals surface area contributed by atoms with Crippen molar-refractivity contribution < 1.29 is 64.2 Å². The Morgan fingerprint density at radius 1 is 0.616 bits per heavy atom. The second-order valence-electron chi connectivity index (χ2n) is 22.3. The van der Waals surface area contributed by atoms with E-state index >= 15 is 0 Å². The first kappa shape index (κ1) is 64.6. The normalized spacial score (nSPS) is 17.5. The van der Waals surface area contributed by atoms with E-state index in [2.05, 4.69) is 92.6 Å². The maximum absolute atomic E-state index is 13.3. The first-order chi connectivity index (χ1) is 40.9. The lowest BCUT2D eigenvalue weighted by atomic mass is 9.75. The molecule has 5 heterocycles. The summed E-state index contributed by atoms with van der Waals surface area (Å²) >= 11 is 9.37. The molecule has 0 amide bonds. The minimum atomic E-state index is -3.02. The quantitative estimate of drug-likeness (QED) is 0.0440. The molecular formula is C64H66BBr2F4IN4O10. The van der Waals surface area contributed by atoms with E-state index in [4.69, 9.17) is 47.1 Å². The van der Waals surface area contributed by atoms with Crippen LogP contribution in [0.3, 0.4) is 0 Å². The third-order valence-electron chi connectivity index (χ3n) is 16.4. The number of carbonyl (C=O) groups excluding carboxylic acids is 2. The van der Waals surface area contributed by atoms with Gasteiger partial charge in [-0.05, 0) is 198 Å². The Kier molecular flexibility index (Phi) is 20.5. The fraction of sp³-hybridized carbons (Fsp3) is 0.375. The zero-order chi connectivity index (χ0) is 61.9. The molecule has 86 heavy (non-hydrogen) atoms. The van der Waals surface area contributed by atoms with Gasteiger partial charge >= 0.3 is 32.3 Å². The Bertz CT molecular complexity index is 3750. The Morgan fingerprint density at radius 2 is 1.03 bits per heavy atom. The number of benzene rings is 6. The van der Waals surface area contributed by atoms with Crippen LogP contribution in [0.5, 0.6) is 11.5 Å². The molecule has 0 aliphatic carbocycles. The number of oxazole rings is 2. The van der Waals surface area contributed by atoms with Gasteiger partial charge < -0.3 is 37.1 Å². The lowest BCUT2D eigenvalue weighted by molar-refractivity contribution is -0.146. The molecule has 11 rings (SSSR count). The maximum atomic E-state index is 13.3. The van der Waals surface area contributed by atoms with Crippen LogP contribution >= 0.6 is 54.5 Å². The summed E-state index contributed by atoms with van der Waals surface area (Å²) in [6.07, 6.45) is 2.92. The number of fused-ring (bicyclic) bond motifs is 2. The first-order valence-electron chi connectivity index (χ1n) is 28.0. The number of nitrogens with zero attached hydrogens (tertiary/aromatic N) is 4. The van der Waals surface area contributed by atoms with Gasteiger partial charge in [-0.2, -0.15) is 17.6 Å². The Balaban J connectivity index is 0.000000179. The third kappa shape index (κ3) is 14.2. The second kappa shape index (κ2) is 27.2. The number of halogens is 7. The van der Waals surface area contributed by atoms with Gasteiger partial charge in [0, 0.05) is 60.0 Å². The summed E-state index contributed by atoms with van der Waals surface area (Å²) in [5.41, 5.74) is 10.5. The van der Waals surface area contributed by atoms with Crippen LogP contribution < -0.4 is 14.9 Å². The molecular weight excluding hydrogens is 1360 g/mol. The van der Waals surface area contributed by atoms with Crippen molar-refractivity contribution in [1.29, 1.82) is 0 Å². The Labute approximate surface area is 528 Å². The van der Waals surface area contributed by atoms with Gasteiger partial charge in [0.1, 0.15) is 34.6 Å². The molecule has 0 radical (unpaired) electrons. The molecule has 14 nitrogen and oxygen atoms in total. The van der Waals surface area contributed by atoms with Gasteiger partial charge in [-0.3, -0.25) is 19.4 Å². The van der Waals surface area contributed by atoms with Crippen molar-refractivity contribution in [3.8, 4) is 45.5 Å². The van der Waals surface area contributed by atoms with Crippen molar-refractivity contribution in [1.82, 2.24) is 19.8 Å². The summed E-state index contributed by atoms with van der Waals surface area (Å²) in [7, 11) is 2.14. The molecule has 0 spiro atoms. The topological polar surface area (TPSA) is 148 Å². The van der Waals surface area contributed by atoms with Crippen molar-refractivity contribution in [2.24, 2.45) is 0 Å². The molecule has 8 aromatic rings. The molecule has 3 aliphatic heterocycles. The number of hydrogen-bond acceptors (Lipinski definition) is 14. The average molecular weight is 1420 g/mol. The van der Waals surface area contributed by atoms with Gasteiger partial charge in [-0.1, -0.05) is 74.3 Å². The predicted octanol–water partition coefficient (Wildman–Crippen LogP) is 15.5. The van der Waals surface area contributed by atoms with E-state index in [1.165, 1.54) is 40.0 Å². The van der Waals surface area contributed by atoms with Crippen molar-refractivity contribution in [2.75, 3.05) is 27.3 Å². The summed E-state index contributed by atoms with van der Waals surface area (Å²) in [6.45, 7) is 11.9. The van der Waals surface area contributed by atoms with Crippen LogP contribution in [0.1, 0.15) is 86.8 Å². The number of ether oxygens (including phenoxy) is 4. The Morgan fingerprint density at radius 3 is 1.49 bits per heavy atom. The van der Waals surface area contributed by atoms with Crippen molar-refractivity contribution in [2.45, 2.75) is 131 Å². The van der Waals surface area contributed by atoms with E-state index in [0.717, 1.165) is 61.7 Å². The van der Waals surface area contributed by atoms with E-state index in [9.17, 15) is 27.2 Å². The third-order valence-corrected chi connectivity index (χ3v) is 19.3. The number of carbonyl (C=O) groups is 2. The van der Waals surface area contributed by atoms with Crippen LogP contribution in [0.15, 0.2) is 115 Å². The molecule has 3 saturated heterocycles. The molecule has 6 aromatic carbocycles. The molecule has 0 bridgehead atoms. The summed E-state index contributed by atoms with van der Waals surface area (Å²) < 4.78 is 101. The molecule has 0 N–H and O–H groups in total. The lowest BCUT2D eigenvalue weighted by Gasteiger charge is -2.32. The van der Waals surface area contributed by atoms with Crippen LogP contribution in [0.2, 0.25) is 0 Å². The highest BCUT2D eigenvalue weighted by atomic mass is 127. The van der Waals surface area contributed by atoms with Crippen molar-refractivity contribution in [3.63, 3.8) is 0 Å². The molecule has 3 aliphatic rings. The smallest absolute Gasteiger partial charge is 0.468 e. The van der Waals surface area contributed by atoms with Crippen LogP contribution in [0.4, 0.5) is 17.6 Å². The lowest BCUT2D eigenvalue weighted by Crippen LogP contribution is -2.41. The fourth-order valence-corrected chi connectivity index (χ4v) is 12.5. The summed E-state index contributed by atoms with van der Waals surface area (Å²) in [4.78, 5) is 37.7. The SMILES string of the molecule is COC(=O)[C@@H]1CCCN1Cc1cc2nc(-c3cccc(-c4cccc(Br)c4C)c3C)oc2cc1OC(F)F.COC(=O)[C@@H]1CCCN1Cc1cc2nc(-c3cccc(B4OC(C)(C)C(C)(C)O4)c3C)oc2cc1OC(F)F.Cc1c(Br)cccc1I. The highest BCUT2D eigenvalue weighted by molar-refractivity contribution is 14.1. The van der Waals surface area contributed by atoms with E-state index in [0.29, 0.717) is 71.0 Å². The van der Waals surface area contributed by atoms with Gasteiger partial charge in [-0.15, -0.1) is 0 Å². The largest absolute Gasteiger partial charge is 0.495 e. The highest BCUT2D eigenvalue weighted by Gasteiger charge is 2.52. The zero-order valence-corrected chi connectivity index (χ0v) is 54.6. The monoisotopic (exact) mass is 1420 g/mol. The van der Waals surface area contributed by atoms with Gasteiger partial charge in [0.25, 0.3) is 0 Å². The number of alkyl halides is 4. The van der Waals surface area contributed by atoms with Crippen LogP contribution in [-0.2, 0) is 41.5 Å². The molecule has 454 valence electrons. The number of methoxy groups -OCH3 is 2. The standard InChI is InChI=1S/C29H27BrF2N2O4.C28H33BF2N2O6.C7H6BrI/c1-16-19(20-8-5-10-22(30)17(20)2)7-4-9-21(16)27-33-23-13-18(25(38-29(31)32)14-26(23)37-27)15-34-12-6-11-24(34)28(35)36-3;1-16-18(9-7-10-19(16)29-38-27(2,3)28(4,5)39-29)24-32-20-13-17(22(37-26(30)31)14-23(20)36-24)15-33-12-8-11-21(33)25(34)35-6;1-5-6(8)3-2-4-7(5)9/h4-5,7-10,13-14,24,29H,6,11-12,15H2,1-3H3;7,9-10,13-14,21,26H,8,11-12,15H2,1-6H3;2-4H,1H3/t24-;21-;/m00./s1. The van der Waals surface area contributed by atoms with Gasteiger partial charge in [0.05, 0.1) is 25.4 Å². The predicted molar refractivity (Wildman–Crippen MR) is 338 cm³/mol. The van der Waals surface area contributed by atoms with E-state index < -0.39 is 43.6 Å². The average Bonchev–Trinajstić information content (AvgIpc) is 2.36. The minimum Gasteiger partial charge on any atom is -0.468 e. The first-order valence-corrected chi connectivity index (χ1v) is 30.7. The van der Waals surface area contributed by atoms with E-state index in [-0.39, 0.29) is 36.5 Å².